The van der Waals surface area contributed by atoms with Crippen molar-refractivity contribution in [2.24, 2.45) is 5.41 Å². The second-order valence-electron chi connectivity index (χ2n) is 4.87. The van der Waals surface area contributed by atoms with E-state index in [-0.39, 0.29) is 5.75 Å². The van der Waals surface area contributed by atoms with Gasteiger partial charge >= 0.3 is 0 Å². The van der Waals surface area contributed by atoms with E-state index in [0.717, 1.165) is 4.47 Å². The zero-order chi connectivity index (χ0) is 13.8. The van der Waals surface area contributed by atoms with Gasteiger partial charge in [-0.3, -0.25) is 0 Å². The van der Waals surface area contributed by atoms with Crippen molar-refractivity contribution in [1.29, 1.82) is 5.26 Å². The average Bonchev–Trinajstić information content (AvgIpc) is 2.29. The molecule has 0 aliphatic rings. The molecule has 0 saturated carbocycles. The van der Waals surface area contributed by atoms with E-state index in [1.165, 1.54) is 0 Å². The monoisotopic (exact) mass is 329 g/mol. The molecule has 0 N–H and O–H groups in total. The number of halogens is 1. The Balaban J connectivity index is 2.67. The Morgan fingerprint density at radius 1 is 1.28 bits per heavy atom. The number of sulfone groups is 1. The van der Waals surface area contributed by atoms with Gasteiger partial charge in [0.2, 0.25) is 0 Å². The summed E-state index contributed by atoms with van der Waals surface area (Å²) in [6.07, 6.45) is 1.08. The van der Waals surface area contributed by atoms with Crippen LogP contribution in [-0.4, -0.2) is 14.2 Å². The van der Waals surface area contributed by atoms with Crippen LogP contribution in [-0.2, 0) is 9.84 Å². The number of hydrogen-bond donors (Lipinski definition) is 0. The van der Waals surface area contributed by atoms with Crippen molar-refractivity contribution in [3.05, 3.63) is 28.7 Å². The molecule has 0 fully saturated rings. The van der Waals surface area contributed by atoms with Crippen molar-refractivity contribution in [1.82, 2.24) is 0 Å². The summed E-state index contributed by atoms with van der Waals surface area (Å²) in [7, 11) is -3.24. The maximum atomic E-state index is 12.0. The Morgan fingerprint density at radius 3 is 2.33 bits per heavy atom. The lowest BCUT2D eigenvalue weighted by Gasteiger charge is -2.14. The minimum Gasteiger partial charge on any atom is -0.224 e. The fraction of sp³-hybridized carbons (Fsp3) is 0.462. The molecule has 0 saturated heterocycles. The van der Waals surface area contributed by atoms with Gasteiger partial charge in [0.15, 0.2) is 9.84 Å². The molecule has 0 heterocycles. The van der Waals surface area contributed by atoms with E-state index >= 15 is 0 Å². The Kier molecular flexibility index (Phi) is 4.94. The highest BCUT2D eigenvalue weighted by molar-refractivity contribution is 9.10. The van der Waals surface area contributed by atoms with Crippen LogP contribution in [0.15, 0.2) is 33.6 Å². The number of nitrogens with zero attached hydrogens (tertiary/aromatic N) is 1. The molecule has 0 aromatic heterocycles. The van der Waals surface area contributed by atoms with Crippen molar-refractivity contribution in [3.8, 4) is 6.07 Å². The molecule has 3 nitrogen and oxygen atoms in total. The summed E-state index contributed by atoms with van der Waals surface area (Å²) in [4.78, 5) is 0.334. The maximum absolute atomic E-state index is 12.0. The van der Waals surface area contributed by atoms with Gasteiger partial charge < -0.3 is 0 Å². The third-order valence-corrected chi connectivity index (χ3v) is 5.04. The fourth-order valence-corrected chi connectivity index (χ4v) is 3.09. The van der Waals surface area contributed by atoms with Gasteiger partial charge in [0, 0.05) is 4.47 Å². The highest BCUT2D eigenvalue weighted by atomic mass is 79.9. The molecule has 1 rings (SSSR count). The first kappa shape index (κ1) is 15.2. The van der Waals surface area contributed by atoms with E-state index in [9.17, 15) is 8.42 Å². The first-order valence-electron chi connectivity index (χ1n) is 5.66. The Morgan fingerprint density at radius 2 is 1.83 bits per heavy atom. The van der Waals surface area contributed by atoms with Crippen molar-refractivity contribution in [2.75, 3.05) is 5.75 Å². The van der Waals surface area contributed by atoms with Gasteiger partial charge in [-0.15, -0.1) is 0 Å². The van der Waals surface area contributed by atoms with Crippen molar-refractivity contribution >= 4 is 25.8 Å². The van der Waals surface area contributed by atoms with Gasteiger partial charge in [-0.1, -0.05) is 15.9 Å². The van der Waals surface area contributed by atoms with Crippen LogP contribution in [0.5, 0.6) is 0 Å². The third-order valence-electron chi connectivity index (χ3n) is 2.69. The second kappa shape index (κ2) is 5.85. The SMILES string of the molecule is CC(C)(C#N)CCCS(=O)(=O)c1ccc(Br)cc1. The van der Waals surface area contributed by atoms with E-state index in [2.05, 4.69) is 22.0 Å². The molecule has 0 spiro atoms. The first-order valence-corrected chi connectivity index (χ1v) is 8.11. The lowest BCUT2D eigenvalue weighted by molar-refractivity contribution is 0.445. The van der Waals surface area contributed by atoms with E-state index < -0.39 is 15.3 Å². The molecule has 5 heteroatoms. The molecule has 0 bridgehead atoms. The molecule has 0 radical (unpaired) electrons. The van der Waals surface area contributed by atoms with Crippen LogP contribution in [0, 0.1) is 16.7 Å². The molecular weight excluding hydrogens is 314 g/mol. The Hall–Kier alpha value is -0.860. The molecular formula is C13H16BrNO2S. The molecule has 18 heavy (non-hydrogen) atoms. The average molecular weight is 330 g/mol. The summed E-state index contributed by atoms with van der Waals surface area (Å²) < 4.78 is 24.9. The van der Waals surface area contributed by atoms with Crippen LogP contribution >= 0.6 is 15.9 Å². The predicted molar refractivity (Wildman–Crippen MR) is 74.8 cm³/mol. The van der Waals surface area contributed by atoms with E-state index in [1.54, 1.807) is 24.3 Å². The minimum atomic E-state index is -3.24. The maximum Gasteiger partial charge on any atom is 0.178 e. The van der Waals surface area contributed by atoms with Crippen LogP contribution in [0.25, 0.3) is 0 Å². The van der Waals surface area contributed by atoms with Crippen LogP contribution in [0.2, 0.25) is 0 Å². The predicted octanol–water partition coefficient (Wildman–Crippen LogP) is 3.55. The molecule has 1 aromatic carbocycles. The van der Waals surface area contributed by atoms with Gasteiger partial charge in [-0.2, -0.15) is 5.26 Å². The van der Waals surface area contributed by atoms with Crippen LogP contribution < -0.4 is 0 Å². The summed E-state index contributed by atoms with van der Waals surface area (Å²) in [6.45, 7) is 3.64. The van der Waals surface area contributed by atoms with Gasteiger partial charge in [0.25, 0.3) is 0 Å². The molecule has 0 atom stereocenters. The number of nitriles is 1. The van der Waals surface area contributed by atoms with Gasteiger partial charge in [0.1, 0.15) is 0 Å². The number of rotatable bonds is 5. The number of benzene rings is 1. The molecule has 0 aliphatic heterocycles. The largest absolute Gasteiger partial charge is 0.224 e. The first-order chi connectivity index (χ1) is 8.27. The molecule has 1 aromatic rings. The summed E-state index contributed by atoms with van der Waals surface area (Å²) in [6, 6.07) is 8.79. The van der Waals surface area contributed by atoms with Crippen LogP contribution in [0.4, 0.5) is 0 Å². The van der Waals surface area contributed by atoms with Crippen molar-refractivity contribution in [3.63, 3.8) is 0 Å². The van der Waals surface area contributed by atoms with Crippen LogP contribution in [0.1, 0.15) is 26.7 Å². The van der Waals surface area contributed by atoms with Crippen molar-refractivity contribution in [2.45, 2.75) is 31.6 Å². The molecule has 0 aliphatic carbocycles. The lowest BCUT2D eigenvalue weighted by atomic mass is 9.90. The van der Waals surface area contributed by atoms with Gasteiger partial charge in [-0.25, -0.2) is 8.42 Å². The highest BCUT2D eigenvalue weighted by Crippen LogP contribution is 2.23. The topological polar surface area (TPSA) is 57.9 Å². The molecule has 0 unspecified atom stereocenters. The summed E-state index contributed by atoms with van der Waals surface area (Å²) in [5.74, 6) is 0.0831. The van der Waals surface area contributed by atoms with Gasteiger partial charge in [0.05, 0.1) is 22.1 Å². The standard InChI is InChI=1S/C13H16BrNO2S/c1-13(2,10-15)8-3-9-18(16,17)12-6-4-11(14)5-7-12/h4-7H,3,8-9H2,1-2H3. The minimum absolute atomic E-state index is 0.0831. The summed E-state index contributed by atoms with van der Waals surface area (Å²) in [5, 5.41) is 8.87. The molecule has 98 valence electrons. The number of hydrogen-bond acceptors (Lipinski definition) is 3. The zero-order valence-electron chi connectivity index (χ0n) is 10.5. The van der Waals surface area contributed by atoms with E-state index in [0.29, 0.717) is 17.7 Å². The zero-order valence-corrected chi connectivity index (χ0v) is 12.9. The Bertz CT molecular complexity index is 541. The lowest BCUT2D eigenvalue weighted by Crippen LogP contribution is -2.12. The van der Waals surface area contributed by atoms with E-state index in [1.807, 2.05) is 13.8 Å². The fourth-order valence-electron chi connectivity index (χ4n) is 1.52. The highest BCUT2D eigenvalue weighted by Gasteiger charge is 2.19. The Labute approximate surface area is 117 Å². The normalized spacial score (nSPS) is 12.1. The van der Waals surface area contributed by atoms with E-state index in [4.69, 9.17) is 5.26 Å². The third kappa shape index (κ3) is 4.43. The van der Waals surface area contributed by atoms with Crippen molar-refractivity contribution < 1.29 is 8.42 Å². The van der Waals surface area contributed by atoms with Gasteiger partial charge in [-0.05, 0) is 51.0 Å². The van der Waals surface area contributed by atoms with Crippen LogP contribution in [0.3, 0.4) is 0 Å². The summed E-state index contributed by atoms with van der Waals surface area (Å²) in [5.41, 5.74) is -0.463. The second-order valence-corrected chi connectivity index (χ2v) is 7.90. The molecule has 0 amide bonds. The smallest absolute Gasteiger partial charge is 0.178 e. The quantitative estimate of drug-likeness (QED) is 0.829. The summed E-state index contributed by atoms with van der Waals surface area (Å²) >= 11 is 3.27.